The average Bonchev–Trinajstić information content (AvgIpc) is 2.99. The van der Waals surface area contributed by atoms with E-state index in [9.17, 15) is 9.90 Å². The molecule has 0 bridgehead atoms. The van der Waals surface area contributed by atoms with E-state index in [-0.39, 0.29) is 23.8 Å². The summed E-state index contributed by atoms with van der Waals surface area (Å²) >= 11 is 0. The van der Waals surface area contributed by atoms with Crippen molar-refractivity contribution in [2.45, 2.75) is 45.4 Å². The molecule has 2 unspecified atom stereocenters. The minimum Gasteiger partial charge on any atom is -0.396 e. The molecule has 120 valence electrons. The van der Waals surface area contributed by atoms with Crippen molar-refractivity contribution >= 4 is 5.91 Å². The van der Waals surface area contributed by atoms with Gasteiger partial charge in [-0.3, -0.25) is 4.79 Å². The SMILES string of the molecule is CCCC1(CO)CCN(C(=O)C2CCc3ncncc3C2)C1. The maximum Gasteiger partial charge on any atom is 0.226 e. The van der Waals surface area contributed by atoms with E-state index in [1.54, 1.807) is 6.33 Å². The molecule has 1 aliphatic heterocycles. The molecule has 1 aromatic heterocycles. The largest absolute Gasteiger partial charge is 0.396 e. The fourth-order valence-corrected chi connectivity index (χ4v) is 3.99. The number of rotatable bonds is 4. The number of hydrogen-bond donors (Lipinski definition) is 1. The molecule has 0 saturated carbocycles. The Kier molecular flexibility index (Phi) is 4.43. The molecule has 2 aliphatic rings. The van der Waals surface area contributed by atoms with Gasteiger partial charge in [-0.25, -0.2) is 9.97 Å². The smallest absolute Gasteiger partial charge is 0.226 e. The van der Waals surface area contributed by atoms with E-state index in [2.05, 4.69) is 16.9 Å². The molecule has 2 heterocycles. The number of aryl methyl sites for hydroxylation is 1. The summed E-state index contributed by atoms with van der Waals surface area (Å²) in [4.78, 5) is 23.2. The Morgan fingerprint density at radius 2 is 2.41 bits per heavy atom. The van der Waals surface area contributed by atoms with Gasteiger partial charge in [-0.05, 0) is 37.7 Å². The van der Waals surface area contributed by atoms with E-state index >= 15 is 0 Å². The molecule has 1 aromatic rings. The molecule has 5 heteroatoms. The summed E-state index contributed by atoms with van der Waals surface area (Å²) < 4.78 is 0. The Morgan fingerprint density at radius 3 is 3.18 bits per heavy atom. The molecule has 0 spiro atoms. The lowest BCUT2D eigenvalue weighted by atomic mass is 9.83. The molecule has 2 atom stereocenters. The summed E-state index contributed by atoms with van der Waals surface area (Å²) in [6, 6.07) is 0. The Morgan fingerprint density at radius 1 is 1.55 bits per heavy atom. The van der Waals surface area contributed by atoms with Crippen LogP contribution in [0.3, 0.4) is 0 Å². The number of likely N-dealkylation sites (tertiary alicyclic amines) is 1. The summed E-state index contributed by atoms with van der Waals surface area (Å²) in [5.74, 6) is 0.301. The zero-order chi connectivity index (χ0) is 15.6. The monoisotopic (exact) mass is 303 g/mol. The van der Waals surface area contributed by atoms with Crippen LogP contribution in [0, 0.1) is 11.3 Å². The van der Waals surface area contributed by atoms with E-state index < -0.39 is 0 Å². The molecule has 5 nitrogen and oxygen atoms in total. The lowest BCUT2D eigenvalue weighted by molar-refractivity contribution is -0.135. The third kappa shape index (κ3) is 2.86. The Bertz CT molecular complexity index is 548. The van der Waals surface area contributed by atoms with Crippen LogP contribution >= 0.6 is 0 Å². The van der Waals surface area contributed by atoms with Gasteiger partial charge in [0.1, 0.15) is 6.33 Å². The first-order valence-electron chi connectivity index (χ1n) is 8.35. The summed E-state index contributed by atoms with van der Waals surface area (Å²) in [6.07, 6.45) is 8.90. The van der Waals surface area contributed by atoms with Crippen molar-refractivity contribution in [2.75, 3.05) is 19.7 Å². The average molecular weight is 303 g/mol. The van der Waals surface area contributed by atoms with Gasteiger partial charge < -0.3 is 10.0 Å². The van der Waals surface area contributed by atoms with Crippen LogP contribution in [0.25, 0.3) is 0 Å². The molecule has 1 N–H and O–H groups in total. The Balaban J connectivity index is 1.66. The first-order valence-corrected chi connectivity index (χ1v) is 8.35. The maximum atomic E-state index is 12.8. The molecule has 1 saturated heterocycles. The first kappa shape index (κ1) is 15.4. The molecule has 22 heavy (non-hydrogen) atoms. The number of aromatic nitrogens is 2. The molecule has 0 aromatic carbocycles. The number of aliphatic hydroxyl groups is 1. The van der Waals surface area contributed by atoms with Crippen LogP contribution in [-0.2, 0) is 17.6 Å². The first-order chi connectivity index (χ1) is 10.7. The van der Waals surface area contributed by atoms with E-state index in [1.165, 1.54) is 0 Å². The molecule has 1 fully saturated rings. The van der Waals surface area contributed by atoms with Gasteiger partial charge >= 0.3 is 0 Å². The normalized spacial score (nSPS) is 27.7. The maximum absolute atomic E-state index is 12.8. The van der Waals surface area contributed by atoms with Crippen molar-refractivity contribution in [1.82, 2.24) is 14.9 Å². The second kappa shape index (κ2) is 6.32. The van der Waals surface area contributed by atoms with Crippen LogP contribution in [0.5, 0.6) is 0 Å². The third-order valence-corrected chi connectivity index (χ3v) is 5.29. The van der Waals surface area contributed by atoms with Crippen LogP contribution < -0.4 is 0 Å². The number of hydrogen-bond acceptors (Lipinski definition) is 4. The van der Waals surface area contributed by atoms with Crippen molar-refractivity contribution in [3.8, 4) is 0 Å². The summed E-state index contributed by atoms with van der Waals surface area (Å²) in [5, 5.41) is 9.73. The predicted molar refractivity (Wildman–Crippen MR) is 83.2 cm³/mol. The number of carbonyl (C=O) groups excluding carboxylic acids is 1. The van der Waals surface area contributed by atoms with Crippen LogP contribution in [0.4, 0.5) is 0 Å². The van der Waals surface area contributed by atoms with E-state index in [4.69, 9.17) is 0 Å². The van der Waals surface area contributed by atoms with E-state index in [1.807, 2.05) is 11.1 Å². The van der Waals surface area contributed by atoms with Gasteiger partial charge in [-0.2, -0.15) is 0 Å². The minimum absolute atomic E-state index is 0.0506. The van der Waals surface area contributed by atoms with Crippen molar-refractivity contribution in [1.29, 1.82) is 0 Å². The second-order valence-corrected chi connectivity index (χ2v) is 6.85. The Hall–Kier alpha value is -1.49. The fraction of sp³-hybridized carbons (Fsp3) is 0.706. The zero-order valence-electron chi connectivity index (χ0n) is 13.3. The predicted octanol–water partition coefficient (Wildman–Crippen LogP) is 1.59. The van der Waals surface area contributed by atoms with Crippen LogP contribution in [-0.4, -0.2) is 45.6 Å². The lowest BCUT2D eigenvalue weighted by Crippen LogP contribution is -2.39. The van der Waals surface area contributed by atoms with Gasteiger partial charge in [0.2, 0.25) is 5.91 Å². The number of amides is 1. The van der Waals surface area contributed by atoms with Gasteiger partial charge in [0, 0.05) is 36.3 Å². The topological polar surface area (TPSA) is 66.3 Å². The highest BCUT2D eigenvalue weighted by Crippen LogP contribution is 2.36. The van der Waals surface area contributed by atoms with Gasteiger partial charge in [0.05, 0.1) is 6.61 Å². The zero-order valence-corrected chi connectivity index (χ0v) is 13.3. The lowest BCUT2D eigenvalue weighted by Gasteiger charge is -2.30. The molecule has 0 radical (unpaired) electrons. The number of fused-ring (bicyclic) bond motifs is 1. The van der Waals surface area contributed by atoms with Crippen LogP contribution in [0.15, 0.2) is 12.5 Å². The molecular formula is C17H25N3O2. The molecule has 3 rings (SSSR count). The highest BCUT2D eigenvalue weighted by Gasteiger charge is 2.40. The third-order valence-electron chi connectivity index (χ3n) is 5.29. The molecular weight excluding hydrogens is 278 g/mol. The highest BCUT2D eigenvalue weighted by atomic mass is 16.3. The summed E-state index contributed by atoms with van der Waals surface area (Å²) in [5.41, 5.74) is 2.14. The van der Waals surface area contributed by atoms with Crippen molar-refractivity contribution in [3.63, 3.8) is 0 Å². The van der Waals surface area contributed by atoms with Gasteiger partial charge in [0.25, 0.3) is 0 Å². The van der Waals surface area contributed by atoms with Gasteiger partial charge in [-0.15, -0.1) is 0 Å². The molecule has 1 aliphatic carbocycles. The van der Waals surface area contributed by atoms with Crippen LogP contribution in [0.2, 0.25) is 0 Å². The highest BCUT2D eigenvalue weighted by molar-refractivity contribution is 5.79. The second-order valence-electron chi connectivity index (χ2n) is 6.85. The Labute approximate surface area is 131 Å². The molecule has 1 amide bonds. The summed E-state index contributed by atoms with van der Waals surface area (Å²) in [6.45, 7) is 3.82. The van der Waals surface area contributed by atoms with Gasteiger partial charge in [-0.1, -0.05) is 13.3 Å². The van der Waals surface area contributed by atoms with Crippen molar-refractivity contribution in [2.24, 2.45) is 11.3 Å². The summed E-state index contributed by atoms with van der Waals surface area (Å²) in [7, 11) is 0. The van der Waals surface area contributed by atoms with E-state index in [0.717, 1.165) is 56.3 Å². The number of nitrogens with zero attached hydrogens (tertiary/aromatic N) is 3. The number of carbonyl (C=O) groups is 1. The standard InChI is InChI=1S/C17H25N3O2/c1-2-5-17(11-21)6-7-20(10-17)16(22)13-3-4-15-14(8-13)9-18-12-19-15/h9,12-13,21H,2-8,10-11H2,1H3. The van der Waals surface area contributed by atoms with E-state index in [0.29, 0.717) is 6.54 Å². The fourth-order valence-electron chi connectivity index (χ4n) is 3.99. The minimum atomic E-state index is -0.0694. The van der Waals surface area contributed by atoms with Crippen molar-refractivity contribution < 1.29 is 9.90 Å². The van der Waals surface area contributed by atoms with Crippen molar-refractivity contribution in [3.05, 3.63) is 23.8 Å². The van der Waals surface area contributed by atoms with Crippen LogP contribution in [0.1, 0.15) is 43.9 Å². The number of aliphatic hydroxyl groups excluding tert-OH is 1. The quantitative estimate of drug-likeness (QED) is 0.917. The van der Waals surface area contributed by atoms with Gasteiger partial charge in [0.15, 0.2) is 0 Å².